The molecule has 2 aliphatic heterocycles. The van der Waals surface area contributed by atoms with Gasteiger partial charge in [-0.2, -0.15) is 0 Å². The monoisotopic (exact) mass is 507 g/mol. The molecule has 4 rings (SSSR count). The molecule has 8 unspecified atom stereocenters. The van der Waals surface area contributed by atoms with Gasteiger partial charge >= 0.3 is 5.97 Å². The van der Waals surface area contributed by atoms with Gasteiger partial charge in [-0.15, -0.1) is 0 Å². The van der Waals surface area contributed by atoms with Crippen molar-refractivity contribution in [3.8, 4) is 5.75 Å². The largest absolute Gasteiger partial charge is 0.507 e. The van der Waals surface area contributed by atoms with Gasteiger partial charge in [-0.25, -0.2) is 0 Å². The molecule has 0 bridgehead atoms. The summed E-state index contributed by atoms with van der Waals surface area (Å²) in [5.74, 6) is -3.18. The molecule has 2 fully saturated rings. The first-order valence-electron chi connectivity index (χ1n) is 11.9. The summed E-state index contributed by atoms with van der Waals surface area (Å²) in [6, 6.07) is 2.48. The lowest BCUT2D eigenvalue weighted by Gasteiger charge is -2.52. The molecule has 3 aliphatic rings. The zero-order chi connectivity index (χ0) is 26.7. The number of aliphatic hydroxyl groups is 3. The molecule has 1 aromatic rings. The van der Waals surface area contributed by atoms with Gasteiger partial charge in [0.2, 0.25) is 5.78 Å². The normalized spacial score (nSPS) is 38.5. The van der Waals surface area contributed by atoms with E-state index in [0.717, 1.165) is 0 Å². The smallest absolute Gasteiger partial charge is 0.308 e. The van der Waals surface area contributed by atoms with Crippen molar-refractivity contribution >= 4 is 17.5 Å². The van der Waals surface area contributed by atoms with Gasteiger partial charge < -0.3 is 39.5 Å². The highest BCUT2D eigenvalue weighted by atomic mass is 16.5. The van der Waals surface area contributed by atoms with E-state index in [-0.39, 0.29) is 23.6 Å². The second-order valence-corrected chi connectivity index (χ2v) is 10.2. The number of likely N-dealkylation sites (N-methyl/N-ethyl adjacent to an activating group) is 1. The SMILES string of the molecule is COC(=O)CC1CC2(O)C(=O)c3ccc(C4CC(N(C)C)C(O)C(C)O4)c(O)c3C(=O)C2(O)C(C)O1. The molecule has 1 aromatic carbocycles. The van der Waals surface area contributed by atoms with E-state index in [2.05, 4.69) is 4.74 Å². The molecule has 2 saturated heterocycles. The van der Waals surface area contributed by atoms with Crippen molar-refractivity contribution in [1.82, 2.24) is 4.90 Å². The van der Waals surface area contributed by atoms with Crippen LogP contribution in [0.1, 0.15) is 65.5 Å². The van der Waals surface area contributed by atoms with Crippen LogP contribution in [-0.2, 0) is 19.0 Å². The Balaban J connectivity index is 1.76. The van der Waals surface area contributed by atoms with Gasteiger partial charge in [0.15, 0.2) is 17.0 Å². The number of benzene rings is 1. The number of esters is 1. The minimum absolute atomic E-state index is 0.225. The molecule has 0 aromatic heterocycles. The molecular weight excluding hydrogens is 474 g/mol. The second kappa shape index (κ2) is 9.16. The van der Waals surface area contributed by atoms with Crippen molar-refractivity contribution in [2.45, 2.75) is 80.9 Å². The lowest BCUT2D eigenvalue weighted by Crippen LogP contribution is -2.75. The summed E-state index contributed by atoms with van der Waals surface area (Å²) < 4.78 is 16.2. The number of fused-ring (bicyclic) bond motifs is 2. The number of phenolic OH excluding ortho intramolecular Hbond substituents is 1. The van der Waals surface area contributed by atoms with Crippen molar-refractivity contribution in [3.63, 3.8) is 0 Å². The average Bonchev–Trinajstić information content (AvgIpc) is 2.81. The van der Waals surface area contributed by atoms with Gasteiger partial charge in [-0.3, -0.25) is 14.4 Å². The summed E-state index contributed by atoms with van der Waals surface area (Å²) in [5, 5.41) is 44.6. The maximum Gasteiger partial charge on any atom is 0.308 e. The zero-order valence-electron chi connectivity index (χ0n) is 20.9. The number of nitrogens with zero attached hydrogens (tertiary/aromatic N) is 1. The first-order chi connectivity index (χ1) is 16.8. The van der Waals surface area contributed by atoms with Gasteiger partial charge in [-0.05, 0) is 40.4 Å². The summed E-state index contributed by atoms with van der Waals surface area (Å²) in [4.78, 5) is 40.8. The van der Waals surface area contributed by atoms with Crippen LogP contribution in [0.2, 0.25) is 0 Å². The molecule has 0 spiro atoms. The van der Waals surface area contributed by atoms with E-state index in [9.17, 15) is 34.8 Å². The highest BCUT2D eigenvalue weighted by molar-refractivity contribution is 6.23. The molecule has 198 valence electrons. The quantitative estimate of drug-likeness (QED) is 0.409. The number of rotatable bonds is 4. The molecule has 1 aliphatic carbocycles. The Morgan fingerprint density at radius 1 is 1.17 bits per heavy atom. The summed E-state index contributed by atoms with van der Waals surface area (Å²) in [6.45, 7) is 3.02. The van der Waals surface area contributed by atoms with E-state index in [1.807, 2.05) is 19.0 Å². The van der Waals surface area contributed by atoms with Gasteiger partial charge in [0.1, 0.15) is 5.75 Å². The summed E-state index contributed by atoms with van der Waals surface area (Å²) in [5.41, 5.74) is -5.70. The zero-order valence-corrected chi connectivity index (χ0v) is 20.9. The minimum atomic E-state index is -2.69. The summed E-state index contributed by atoms with van der Waals surface area (Å²) in [6.07, 6.45) is -4.90. The summed E-state index contributed by atoms with van der Waals surface area (Å²) in [7, 11) is 4.81. The van der Waals surface area contributed by atoms with Gasteiger partial charge in [0.25, 0.3) is 0 Å². The molecule has 36 heavy (non-hydrogen) atoms. The second-order valence-electron chi connectivity index (χ2n) is 10.2. The van der Waals surface area contributed by atoms with Crippen LogP contribution in [0.5, 0.6) is 5.75 Å². The molecule has 2 heterocycles. The van der Waals surface area contributed by atoms with Gasteiger partial charge in [0.05, 0.1) is 49.6 Å². The molecule has 0 radical (unpaired) electrons. The number of Topliss-reactive ketones (excluding diaryl/α,β-unsaturated/α-hetero) is 2. The van der Waals surface area contributed by atoms with E-state index >= 15 is 0 Å². The van der Waals surface area contributed by atoms with Crippen LogP contribution in [-0.4, -0.2) is 106 Å². The van der Waals surface area contributed by atoms with Gasteiger partial charge in [0, 0.05) is 23.6 Å². The topological polar surface area (TPSA) is 163 Å². The number of methoxy groups -OCH3 is 1. The molecule has 4 N–H and O–H groups in total. The molecule has 11 heteroatoms. The third kappa shape index (κ3) is 3.77. The maximum atomic E-state index is 13.7. The number of hydrogen-bond acceptors (Lipinski definition) is 11. The third-order valence-electron chi connectivity index (χ3n) is 7.88. The van der Waals surface area contributed by atoms with E-state index in [0.29, 0.717) is 6.42 Å². The first-order valence-corrected chi connectivity index (χ1v) is 11.9. The fraction of sp³-hybridized carbons (Fsp3) is 0.640. The third-order valence-corrected chi connectivity index (χ3v) is 7.88. The van der Waals surface area contributed by atoms with Crippen LogP contribution in [0.3, 0.4) is 0 Å². The number of carbonyl (C=O) groups is 3. The highest BCUT2D eigenvalue weighted by Gasteiger charge is 2.69. The Morgan fingerprint density at radius 3 is 2.44 bits per heavy atom. The Morgan fingerprint density at radius 2 is 1.83 bits per heavy atom. The molecule has 0 amide bonds. The number of ether oxygens (including phenoxy) is 3. The Bertz CT molecular complexity index is 1090. The molecule has 0 saturated carbocycles. The number of phenols is 1. The standard InChI is InChI=1S/C25H33NO10/c1-11-20(28)16(26(3)4)9-17(35-11)14-6-7-15-19(21(14)29)23(31)25(33)12(2)36-13(8-18(27)34-5)10-24(25,32)22(15)30/h6-7,11-13,16-17,20,28-29,32-33H,8-10H2,1-5H3. The molecular formula is C25H33NO10. The van der Waals surface area contributed by atoms with Crippen LogP contribution < -0.4 is 0 Å². The van der Waals surface area contributed by atoms with Crippen LogP contribution in [0, 0.1) is 0 Å². The van der Waals surface area contributed by atoms with E-state index < -0.39 is 77.0 Å². The minimum Gasteiger partial charge on any atom is -0.507 e. The van der Waals surface area contributed by atoms with Crippen LogP contribution in [0.25, 0.3) is 0 Å². The number of ketones is 2. The van der Waals surface area contributed by atoms with Crippen molar-refractivity contribution in [2.24, 2.45) is 0 Å². The number of carbonyl (C=O) groups excluding carboxylic acids is 3. The van der Waals surface area contributed by atoms with E-state index in [1.54, 1.807) is 6.92 Å². The van der Waals surface area contributed by atoms with E-state index in [1.165, 1.54) is 26.2 Å². The van der Waals surface area contributed by atoms with Crippen LogP contribution >= 0.6 is 0 Å². The fourth-order valence-corrected chi connectivity index (χ4v) is 5.77. The fourth-order valence-electron chi connectivity index (χ4n) is 5.77. The van der Waals surface area contributed by atoms with E-state index in [4.69, 9.17) is 9.47 Å². The Hall–Kier alpha value is -2.41. The van der Waals surface area contributed by atoms with Crippen LogP contribution in [0.15, 0.2) is 12.1 Å². The molecule has 11 nitrogen and oxygen atoms in total. The number of aromatic hydroxyl groups is 1. The molecule has 8 atom stereocenters. The van der Waals surface area contributed by atoms with Crippen molar-refractivity contribution < 1.29 is 49.0 Å². The number of hydrogen-bond donors (Lipinski definition) is 4. The highest BCUT2D eigenvalue weighted by Crippen LogP contribution is 2.50. The Kier molecular flexibility index (Phi) is 6.78. The lowest BCUT2D eigenvalue weighted by atomic mass is 9.61. The van der Waals surface area contributed by atoms with Crippen molar-refractivity contribution in [3.05, 3.63) is 28.8 Å². The average molecular weight is 508 g/mol. The number of aliphatic hydroxyl groups excluding tert-OH is 1. The first kappa shape index (κ1) is 26.6. The van der Waals surface area contributed by atoms with Crippen molar-refractivity contribution in [1.29, 1.82) is 0 Å². The maximum absolute atomic E-state index is 13.7. The predicted octanol–water partition coefficient (Wildman–Crippen LogP) is 0.115. The Labute approximate surface area is 208 Å². The van der Waals surface area contributed by atoms with Crippen LogP contribution in [0.4, 0.5) is 0 Å². The van der Waals surface area contributed by atoms with Crippen molar-refractivity contribution in [2.75, 3.05) is 21.2 Å². The van der Waals surface area contributed by atoms with Gasteiger partial charge in [-0.1, -0.05) is 6.07 Å². The lowest BCUT2D eigenvalue weighted by molar-refractivity contribution is -0.228. The predicted molar refractivity (Wildman–Crippen MR) is 124 cm³/mol. The summed E-state index contributed by atoms with van der Waals surface area (Å²) >= 11 is 0.